The van der Waals surface area contributed by atoms with Crippen molar-refractivity contribution in [3.63, 3.8) is 0 Å². The Morgan fingerprint density at radius 2 is 1.93 bits per heavy atom. The van der Waals surface area contributed by atoms with Crippen molar-refractivity contribution in [1.82, 2.24) is 19.5 Å². The molecule has 6 nitrogen and oxygen atoms in total. The molecule has 78 valence electrons. The number of nitrogens with zero attached hydrogens (tertiary/aromatic N) is 4. The number of carbonyl (C=O) groups is 1. The fourth-order valence-corrected chi connectivity index (χ4v) is 1.43. The molecule has 0 bridgehead atoms. The van der Waals surface area contributed by atoms with Gasteiger partial charge in [-0.2, -0.15) is 0 Å². The maximum absolute atomic E-state index is 10.9. The van der Waals surface area contributed by atoms with Crippen LogP contribution in [0.1, 0.15) is 22.1 Å². The molecule has 2 rings (SSSR count). The third-order valence-corrected chi connectivity index (χ3v) is 2.26. The summed E-state index contributed by atoms with van der Waals surface area (Å²) in [4.78, 5) is 23.1. The van der Waals surface area contributed by atoms with Crippen LogP contribution in [0.5, 0.6) is 0 Å². The van der Waals surface area contributed by atoms with Crippen molar-refractivity contribution < 1.29 is 9.90 Å². The summed E-state index contributed by atoms with van der Waals surface area (Å²) in [6, 6.07) is 0. The number of aryl methyl sites for hydroxylation is 3. The number of hydrogen-bond donors (Lipinski definition) is 1. The van der Waals surface area contributed by atoms with Crippen LogP contribution in [0.25, 0.3) is 11.2 Å². The van der Waals surface area contributed by atoms with E-state index in [0.29, 0.717) is 22.8 Å². The molecule has 6 heteroatoms. The summed E-state index contributed by atoms with van der Waals surface area (Å²) < 4.78 is 1.75. The molecule has 15 heavy (non-hydrogen) atoms. The Morgan fingerprint density at radius 3 is 2.53 bits per heavy atom. The van der Waals surface area contributed by atoms with Gasteiger partial charge in [0.1, 0.15) is 17.2 Å². The summed E-state index contributed by atoms with van der Waals surface area (Å²) in [5.41, 5.74) is 0.853. The smallest absolute Gasteiger partial charge is 0.356 e. The number of imidazole rings is 1. The van der Waals surface area contributed by atoms with Crippen LogP contribution in [0.4, 0.5) is 0 Å². The molecule has 0 aliphatic carbocycles. The van der Waals surface area contributed by atoms with Crippen LogP contribution < -0.4 is 0 Å². The number of fused-ring (bicyclic) bond motifs is 1. The molecule has 0 amide bonds. The minimum Gasteiger partial charge on any atom is -0.476 e. The molecule has 2 aromatic rings. The monoisotopic (exact) mass is 206 g/mol. The van der Waals surface area contributed by atoms with Gasteiger partial charge in [-0.15, -0.1) is 0 Å². The first-order chi connectivity index (χ1) is 7.00. The van der Waals surface area contributed by atoms with Gasteiger partial charge in [0, 0.05) is 7.05 Å². The molecule has 0 aliphatic rings. The van der Waals surface area contributed by atoms with Crippen LogP contribution in [-0.2, 0) is 7.05 Å². The largest absolute Gasteiger partial charge is 0.476 e. The highest BCUT2D eigenvalue weighted by atomic mass is 16.4. The number of aromatic nitrogens is 4. The van der Waals surface area contributed by atoms with Crippen LogP contribution in [-0.4, -0.2) is 30.6 Å². The molecule has 0 unspecified atom stereocenters. The van der Waals surface area contributed by atoms with Crippen molar-refractivity contribution >= 4 is 17.1 Å². The van der Waals surface area contributed by atoms with E-state index in [1.807, 2.05) is 0 Å². The van der Waals surface area contributed by atoms with E-state index in [9.17, 15) is 4.79 Å². The Kier molecular flexibility index (Phi) is 1.92. The number of aromatic carboxylic acids is 1. The maximum Gasteiger partial charge on any atom is 0.356 e. The Bertz CT molecular complexity index is 559. The summed E-state index contributed by atoms with van der Waals surface area (Å²) in [5.74, 6) is 0.0684. The Labute approximate surface area is 85.6 Å². The summed E-state index contributed by atoms with van der Waals surface area (Å²) in [7, 11) is 1.79. The lowest BCUT2D eigenvalue weighted by molar-refractivity contribution is 0.0692. The first-order valence-electron chi connectivity index (χ1n) is 4.41. The van der Waals surface area contributed by atoms with Crippen molar-refractivity contribution in [2.24, 2.45) is 7.05 Å². The van der Waals surface area contributed by atoms with Crippen LogP contribution >= 0.6 is 0 Å². The van der Waals surface area contributed by atoms with E-state index in [4.69, 9.17) is 5.11 Å². The predicted molar refractivity (Wildman–Crippen MR) is 52.7 cm³/mol. The minimum atomic E-state index is -1.08. The van der Waals surface area contributed by atoms with E-state index < -0.39 is 5.97 Å². The molecule has 0 aromatic carbocycles. The average Bonchev–Trinajstić information content (AvgIpc) is 2.43. The van der Waals surface area contributed by atoms with Gasteiger partial charge < -0.3 is 9.67 Å². The molecule has 0 saturated carbocycles. The van der Waals surface area contributed by atoms with Gasteiger partial charge >= 0.3 is 5.97 Å². The standard InChI is InChI=1S/C9H10N4O2/c1-4-10-7(9(14)15)6-8(11-4)13(3)5(2)12-6/h1-3H3,(H,14,15). The number of hydrogen-bond acceptors (Lipinski definition) is 4. The third-order valence-electron chi connectivity index (χ3n) is 2.26. The van der Waals surface area contributed by atoms with E-state index in [0.717, 1.165) is 0 Å². The number of rotatable bonds is 1. The van der Waals surface area contributed by atoms with E-state index in [-0.39, 0.29) is 5.69 Å². The lowest BCUT2D eigenvalue weighted by atomic mass is 10.3. The van der Waals surface area contributed by atoms with Gasteiger partial charge in [0.05, 0.1) is 0 Å². The van der Waals surface area contributed by atoms with Gasteiger partial charge in [0.25, 0.3) is 0 Å². The quantitative estimate of drug-likeness (QED) is 0.741. The highest BCUT2D eigenvalue weighted by Gasteiger charge is 2.17. The zero-order valence-electron chi connectivity index (χ0n) is 8.64. The molecular weight excluding hydrogens is 196 g/mol. The van der Waals surface area contributed by atoms with Crippen molar-refractivity contribution in [1.29, 1.82) is 0 Å². The van der Waals surface area contributed by atoms with Gasteiger partial charge in [-0.1, -0.05) is 0 Å². The SMILES string of the molecule is Cc1nc(C(=O)O)c2nc(C)n(C)c2n1. The molecule has 0 fully saturated rings. The van der Waals surface area contributed by atoms with E-state index in [2.05, 4.69) is 15.0 Å². The van der Waals surface area contributed by atoms with Crippen LogP contribution in [0.3, 0.4) is 0 Å². The second kappa shape index (κ2) is 3.01. The van der Waals surface area contributed by atoms with Crippen LogP contribution in [0, 0.1) is 13.8 Å². The Morgan fingerprint density at radius 1 is 1.27 bits per heavy atom. The Hall–Kier alpha value is -1.98. The molecule has 0 atom stereocenters. The van der Waals surface area contributed by atoms with Crippen LogP contribution in [0.15, 0.2) is 0 Å². The van der Waals surface area contributed by atoms with Gasteiger partial charge in [0.15, 0.2) is 11.3 Å². The van der Waals surface area contributed by atoms with Gasteiger partial charge in [-0.25, -0.2) is 19.7 Å². The lowest BCUT2D eigenvalue weighted by Gasteiger charge is -1.99. The molecule has 0 radical (unpaired) electrons. The van der Waals surface area contributed by atoms with Gasteiger partial charge in [-0.05, 0) is 13.8 Å². The first kappa shape index (κ1) is 9.57. The third kappa shape index (κ3) is 1.34. The minimum absolute atomic E-state index is 0.0406. The highest BCUT2D eigenvalue weighted by Crippen LogP contribution is 2.15. The fraction of sp³-hybridized carbons (Fsp3) is 0.333. The molecule has 2 aromatic heterocycles. The fourth-order valence-electron chi connectivity index (χ4n) is 1.43. The summed E-state index contributed by atoms with van der Waals surface area (Å²) in [6.07, 6.45) is 0. The van der Waals surface area contributed by atoms with Crippen molar-refractivity contribution in [2.75, 3.05) is 0 Å². The molecular formula is C9H10N4O2. The predicted octanol–water partition coefficient (Wildman–Crippen LogP) is 0.678. The molecule has 0 aliphatic heterocycles. The highest BCUT2D eigenvalue weighted by molar-refractivity contribution is 5.97. The zero-order chi connectivity index (χ0) is 11.2. The Balaban J connectivity index is 2.92. The maximum atomic E-state index is 10.9. The van der Waals surface area contributed by atoms with Crippen molar-refractivity contribution in [3.05, 3.63) is 17.3 Å². The summed E-state index contributed by atoms with van der Waals surface area (Å²) in [5, 5.41) is 8.97. The first-order valence-corrected chi connectivity index (χ1v) is 4.41. The van der Waals surface area contributed by atoms with Crippen LogP contribution in [0.2, 0.25) is 0 Å². The topological polar surface area (TPSA) is 80.9 Å². The summed E-state index contributed by atoms with van der Waals surface area (Å²) in [6.45, 7) is 3.46. The van der Waals surface area contributed by atoms with E-state index in [1.54, 1.807) is 25.5 Å². The second-order valence-electron chi connectivity index (χ2n) is 3.31. The number of carboxylic acid groups (broad SMARTS) is 1. The normalized spacial score (nSPS) is 10.9. The van der Waals surface area contributed by atoms with E-state index >= 15 is 0 Å². The lowest BCUT2D eigenvalue weighted by Crippen LogP contribution is -2.05. The molecule has 1 N–H and O–H groups in total. The number of carboxylic acids is 1. The van der Waals surface area contributed by atoms with Gasteiger partial charge in [0.2, 0.25) is 0 Å². The second-order valence-corrected chi connectivity index (χ2v) is 3.31. The molecule has 0 saturated heterocycles. The average molecular weight is 206 g/mol. The molecule has 2 heterocycles. The van der Waals surface area contributed by atoms with Gasteiger partial charge in [-0.3, -0.25) is 0 Å². The zero-order valence-corrected chi connectivity index (χ0v) is 8.64. The summed E-state index contributed by atoms with van der Waals surface area (Å²) >= 11 is 0. The van der Waals surface area contributed by atoms with Crippen molar-refractivity contribution in [3.8, 4) is 0 Å². The van der Waals surface area contributed by atoms with Crippen molar-refractivity contribution in [2.45, 2.75) is 13.8 Å². The van der Waals surface area contributed by atoms with E-state index in [1.165, 1.54) is 0 Å². The molecule has 0 spiro atoms.